The predicted octanol–water partition coefficient (Wildman–Crippen LogP) is 2.73. The number of hydrogen-bond acceptors (Lipinski definition) is 3. The van der Waals surface area contributed by atoms with Crippen LogP contribution in [0.4, 0.5) is 0 Å². The Labute approximate surface area is 125 Å². The Morgan fingerprint density at radius 3 is 2.10 bits per heavy atom. The number of ether oxygens (including phenoxy) is 1. The summed E-state index contributed by atoms with van der Waals surface area (Å²) in [7, 11) is 0. The molecule has 3 saturated carbocycles. The van der Waals surface area contributed by atoms with Crippen molar-refractivity contribution in [3.8, 4) is 0 Å². The first-order valence-electron chi connectivity index (χ1n) is 8.63. The summed E-state index contributed by atoms with van der Waals surface area (Å²) < 4.78 is 6.65. The molecule has 0 aromatic heterocycles. The lowest BCUT2D eigenvalue weighted by Gasteiger charge is -2.56. The van der Waals surface area contributed by atoms with Gasteiger partial charge in [-0.25, -0.2) is 0 Å². The zero-order chi connectivity index (χ0) is 14.7. The van der Waals surface area contributed by atoms with Crippen molar-refractivity contribution in [3.63, 3.8) is 0 Å². The highest BCUT2D eigenvalue weighted by Gasteiger charge is 2.74. The van der Waals surface area contributed by atoms with Crippen LogP contribution in [0, 0.1) is 17.3 Å². The Bertz CT molecular complexity index is 440. The molecule has 0 radical (unpaired) electrons. The summed E-state index contributed by atoms with van der Waals surface area (Å²) in [5.74, 6) is 0.118. The molecule has 1 aliphatic heterocycles. The van der Waals surface area contributed by atoms with Gasteiger partial charge in [0, 0.05) is 0 Å². The molecule has 21 heavy (non-hydrogen) atoms. The fourth-order valence-electron chi connectivity index (χ4n) is 5.79. The van der Waals surface area contributed by atoms with Gasteiger partial charge in [0.1, 0.15) is 5.41 Å². The van der Waals surface area contributed by atoms with Gasteiger partial charge in [-0.15, -0.1) is 0 Å². The van der Waals surface area contributed by atoms with Gasteiger partial charge < -0.3 is 14.9 Å². The molecule has 2 bridgehead atoms. The SMILES string of the molecule is O=C(O)[C@]12CCC[C@](CO)(C1)OC2(C1CCC1)C1CCC1. The lowest BCUT2D eigenvalue weighted by Crippen LogP contribution is -2.62. The molecule has 4 aliphatic rings. The number of carboxylic acids is 1. The third kappa shape index (κ3) is 1.56. The Hall–Kier alpha value is -0.610. The van der Waals surface area contributed by atoms with Crippen LogP contribution in [-0.2, 0) is 9.53 Å². The van der Waals surface area contributed by atoms with Gasteiger partial charge in [0.25, 0.3) is 0 Å². The number of carbonyl (C=O) groups is 1. The van der Waals surface area contributed by atoms with Crippen molar-refractivity contribution in [2.24, 2.45) is 17.3 Å². The van der Waals surface area contributed by atoms with Crippen LogP contribution in [0.3, 0.4) is 0 Å². The van der Waals surface area contributed by atoms with Gasteiger partial charge in [-0.3, -0.25) is 4.79 Å². The minimum Gasteiger partial charge on any atom is -0.481 e. The first-order valence-corrected chi connectivity index (χ1v) is 8.63. The average molecular weight is 294 g/mol. The molecule has 0 unspecified atom stereocenters. The van der Waals surface area contributed by atoms with Gasteiger partial charge in [-0.05, 0) is 63.2 Å². The van der Waals surface area contributed by atoms with E-state index in [9.17, 15) is 15.0 Å². The molecule has 118 valence electrons. The molecule has 1 heterocycles. The minimum absolute atomic E-state index is 0.0246. The van der Waals surface area contributed by atoms with Crippen LogP contribution in [0.5, 0.6) is 0 Å². The second-order valence-electron chi connectivity index (χ2n) is 7.91. The van der Waals surface area contributed by atoms with Gasteiger partial charge in [0.2, 0.25) is 0 Å². The summed E-state index contributed by atoms with van der Waals surface area (Å²) in [5, 5.41) is 20.1. The summed E-state index contributed by atoms with van der Waals surface area (Å²) in [5.41, 5.74) is -1.82. The lowest BCUT2D eigenvalue weighted by atomic mass is 9.49. The third-order valence-corrected chi connectivity index (χ3v) is 7.11. The summed E-state index contributed by atoms with van der Waals surface area (Å²) in [4.78, 5) is 12.3. The maximum atomic E-state index is 12.3. The van der Waals surface area contributed by atoms with Crippen LogP contribution in [0.15, 0.2) is 0 Å². The number of aliphatic hydroxyl groups is 1. The summed E-state index contributed by atoms with van der Waals surface area (Å²) in [6.07, 6.45) is 9.76. The molecule has 0 amide bonds. The van der Waals surface area contributed by atoms with E-state index in [-0.39, 0.29) is 6.61 Å². The summed E-state index contributed by atoms with van der Waals surface area (Å²) in [6.45, 7) is -0.0246. The number of hydrogen-bond donors (Lipinski definition) is 2. The maximum absolute atomic E-state index is 12.3. The van der Waals surface area contributed by atoms with E-state index in [2.05, 4.69) is 0 Å². The lowest BCUT2D eigenvalue weighted by molar-refractivity contribution is -0.225. The minimum atomic E-state index is -0.746. The fourth-order valence-corrected chi connectivity index (χ4v) is 5.79. The quantitative estimate of drug-likeness (QED) is 0.836. The Morgan fingerprint density at radius 2 is 1.67 bits per heavy atom. The molecule has 4 nitrogen and oxygen atoms in total. The van der Waals surface area contributed by atoms with Crippen molar-refractivity contribution in [3.05, 3.63) is 0 Å². The standard InChI is InChI=1S/C17H26O4/c18-11-15-8-3-9-16(10-15,14(19)20)17(21-15,12-4-1-5-12)13-6-2-7-13/h12-13,18H,1-11H2,(H,19,20)/t15-,16+/m1/s1. The van der Waals surface area contributed by atoms with E-state index in [0.717, 1.165) is 44.9 Å². The molecular formula is C17H26O4. The zero-order valence-electron chi connectivity index (χ0n) is 12.6. The highest BCUT2D eigenvalue weighted by Crippen LogP contribution is 2.69. The van der Waals surface area contributed by atoms with Crippen LogP contribution in [-0.4, -0.2) is 34.0 Å². The molecule has 4 fully saturated rings. The van der Waals surface area contributed by atoms with Crippen molar-refractivity contribution in [1.82, 2.24) is 0 Å². The predicted molar refractivity (Wildman–Crippen MR) is 76.9 cm³/mol. The summed E-state index contributed by atoms with van der Waals surface area (Å²) in [6, 6.07) is 0. The van der Waals surface area contributed by atoms with Gasteiger partial charge in [0.15, 0.2) is 0 Å². The molecule has 0 aromatic carbocycles. The largest absolute Gasteiger partial charge is 0.481 e. The van der Waals surface area contributed by atoms with E-state index >= 15 is 0 Å². The molecule has 0 spiro atoms. The van der Waals surface area contributed by atoms with Crippen LogP contribution in [0.2, 0.25) is 0 Å². The van der Waals surface area contributed by atoms with Gasteiger partial charge in [0.05, 0.1) is 17.8 Å². The highest BCUT2D eigenvalue weighted by atomic mass is 16.5. The number of aliphatic hydroxyl groups excluding tert-OH is 1. The molecule has 0 aromatic rings. The van der Waals surface area contributed by atoms with Gasteiger partial charge in [-0.2, -0.15) is 0 Å². The molecule has 2 atom stereocenters. The first kappa shape index (κ1) is 14.0. The Morgan fingerprint density at radius 1 is 1.05 bits per heavy atom. The maximum Gasteiger partial charge on any atom is 0.312 e. The van der Waals surface area contributed by atoms with E-state index in [1.807, 2.05) is 0 Å². The smallest absolute Gasteiger partial charge is 0.312 e. The van der Waals surface area contributed by atoms with E-state index in [1.54, 1.807) is 0 Å². The molecule has 1 saturated heterocycles. The number of fused-ring (bicyclic) bond motifs is 2. The highest BCUT2D eigenvalue weighted by molar-refractivity contribution is 5.78. The molecular weight excluding hydrogens is 268 g/mol. The normalized spacial score (nSPS) is 42.3. The van der Waals surface area contributed by atoms with Crippen LogP contribution in [0.25, 0.3) is 0 Å². The van der Waals surface area contributed by atoms with E-state index in [4.69, 9.17) is 4.74 Å². The first-order chi connectivity index (χ1) is 10.1. The second kappa shape index (κ2) is 4.45. The van der Waals surface area contributed by atoms with Crippen LogP contribution >= 0.6 is 0 Å². The number of rotatable bonds is 4. The van der Waals surface area contributed by atoms with Crippen molar-refractivity contribution >= 4 is 5.97 Å². The van der Waals surface area contributed by atoms with E-state index < -0.39 is 22.6 Å². The average Bonchev–Trinajstić information content (AvgIpc) is 2.53. The van der Waals surface area contributed by atoms with Gasteiger partial charge in [-0.1, -0.05) is 12.8 Å². The van der Waals surface area contributed by atoms with Crippen LogP contribution in [0.1, 0.15) is 64.2 Å². The second-order valence-corrected chi connectivity index (χ2v) is 7.91. The Kier molecular flexibility index (Phi) is 2.97. The van der Waals surface area contributed by atoms with Gasteiger partial charge >= 0.3 is 5.97 Å². The molecule has 4 rings (SSSR count). The van der Waals surface area contributed by atoms with E-state index in [0.29, 0.717) is 18.3 Å². The van der Waals surface area contributed by atoms with Crippen molar-refractivity contribution in [2.75, 3.05) is 6.61 Å². The monoisotopic (exact) mass is 294 g/mol. The topological polar surface area (TPSA) is 66.8 Å². The number of aliphatic carboxylic acids is 1. The Balaban J connectivity index is 1.84. The third-order valence-electron chi connectivity index (χ3n) is 7.11. The zero-order valence-corrected chi connectivity index (χ0v) is 12.6. The van der Waals surface area contributed by atoms with Crippen molar-refractivity contribution < 1.29 is 19.7 Å². The summed E-state index contributed by atoms with van der Waals surface area (Å²) >= 11 is 0. The van der Waals surface area contributed by atoms with Crippen molar-refractivity contribution in [1.29, 1.82) is 0 Å². The number of carboxylic acid groups (broad SMARTS) is 1. The van der Waals surface area contributed by atoms with E-state index in [1.165, 1.54) is 12.8 Å². The molecule has 2 N–H and O–H groups in total. The molecule has 3 aliphatic carbocycles. The fraction of sp³-hybridized carbons (Fsp3) is 0.941. The van der Waals surface area contributed by atoms with Crippen molar-refractivity contribution in [2.45, 2.75) is 75.4 Å². The molecule has 4 heteroatoms. The van der Waals surface area contributed by atoms with Crippen LogP contribution < -0.4 is 0 Å².